The molecule has 0 saturated heterocycles. The molecule has 0 amide bonds. The minimum atomic E-state index is -0.987. The Morgan fingerprint density at radius 1 is 1.07 bits per heavy atom. The molecule has 0 atom stereocenters. The van der Waals surface area contributed by atoms with Crippen LogP contribution in [0.25, 0.3) is 33.0 Å². The summed E-state index contributed by atoms with van der Waals surface area (Å²) in [5.74, 6) is -0.987. The van der Waals surface area contributed by atoms with Crippen molar-refractivity contribution in [1.82, 2.24) is 4.98 Å². The molecule has 0 aliphatic rings. The van der Waals surface area contributed by atoms with Gasteiger partial charge in [0.1, 0.15) is 5.01 Å². The van der Waals surface area contributed by atoms with Gasteiger partial charge in [-0.15, -0.1) is 11.3 Å². The number of carboxylic acid groups (broad SMARTS) is 1. The maximum Gasteiger partial charge on any atom is 0.336 e. The molecule has 28 heavy (non-hydrogen) atoms. The number of hydrogen-bond acceptors (Lipinski definition) is 6. The molecule has 0 unspecified atom stereocenters. The van der Waals surface area contributed by atoms with Crippen LogP contribution in [0, 0.1) is 0 Å². The molecule has 2 aromatic heterocycles. The lowest BCUT2D eigenvalue weighted by Gasteiger charge is -2.13. The van der Waals surface area contributed by atoms with Crippen LogP contribution in [0.2, 0.25) is 0 Å². The lowest BCUT2D eigenvalue weighted by atomic mass is 9.96. The summed E-state index contributed by atoms with van der Waals surface area (Å²) in [7, 11) is 1.52. The number of hydrogen-bond donors (Lipinski definition) is 2. The first-order valence-corrected chi connectivity index (χ1v) is 10.2. The van der Waals surface area contributed by atoms with Gasteiger partial charge in [0.05, 0.1) is 24.1 Å². The molecule has 0 aliphatic carbocycles. The Labute approximate surface area is 169 Å². The Kier molecular flexibility index (Phi) is 5.21. The van der Waals surface area contributed by atoms with E-state index in [1.165, 1.54) is 18.4 Å². The molecule has 0 saturated carbocycles. The summed E-state index contributed by atoms with van der Waals surface area (Å²) in [5, 5.41) is 16.6. The van der Waals surface area contributed by atoms with Crippen LogP contribution in [0.5, 0.6) is 0 Å². The zero-order valence-electron chi connectivity index (χ0n) is 14.9. The topological polar surface area (TPSA) is 71.5 Å². The summed E-state index contributed by atoms with van der Waals surface area (Å²) in [4.78, 5) is 21.7. The number of thiazole rings is 1. The van der Waals surface area contributed by atoms with Crippen LogP contribution in [0.3, 0.4) is 0 Å². The molecule has 4 rings (SSSR count). The Morgan fingerprint density at radius 3 is 2.68 bits per heavy atom. The molecule has 140 valence electrons. The molecule has 7 heteroatoms. The Bertz CT molecular complexity index is 1120. The van der Waals surface area contributed by atoms with Crippen LogP contribution in [-0.4, -0.2) is 23.2 Å². The number of nitrogens with zero attached hydrogens (tertiary/aromatic N) is 1. The normalized spacial score (nSPS) is 10.8. The molecule has 0 aliphatic heterocycles. The number of para-hydroxylation sites is 1. The number of aromatic carboxylic acids is 1. The molecule has 5 nitrogen and oxygen atoms in total. The van der Waals surface area contributed by atoms with Crippen molar-refractivity contribution in [3.8, 4) is 33.0 Å². The van der Waals surface area contributed by atoms with E-state index in [0.29, 0.717) is 11.3 Å². The Balaban J connectivity index is 1.77. The van der Waals surface area contributed by atoms with Crippen molar-refractivity contribution in [2.75, 3.05) is 12.6 Å². The number of anilines is 1. The maximum atomic E-state index is 12.0. The second-order valence-corrected chi connectivity index (χ2v) is 7.61. The van der Waals surface area contributed by atoms with Crippen molar-refractivity contribution >= 4 is 34.3 Å². The van der Waals surface area contributed by atoms with Crippen LogP contribution in [0.15, 0.2) is 64.7 Å². The lowest BCUT2D eigenvalue weighted by Crippen LogP contribution is -2.03. The SMILES string of the molecule is CONc1ccccc1-c1ccc(-c2nc(-c3ccsc3)cs2)cc1C(=O)O. The van der Waals surface area contributed by atoms with Gasteiger partial charge in [-0.25, -0.2) is 9.78 Å². The first-order chi connectivity index (χ1) is 13.7. The van der Waals surface area contributed by atoms with Gasteiger partial charge >= 0.3 is 5.97 Å². The van der Waals surface area contributed by atoms with Crippen molar-refractivity contribution in [3.63, 3.8) is 0 Å². The monoisotopic (exact) mass is 408 g/mol. The third kappa shape index (κ3) is 3.55. The van der Waals surface area contributed by atoms with Gasteiger partial charge in [-0.2, -0.15) is 11.3 Å². The second-order valence-electron chi connectivity index (χ2n) is 5.97. The minimum Gasteiger partial charge on any atom is -0.478 e. The Hall–Kier alpha value is -3.00. The third-order valence-corrected chi connectivity index (χ3v) is 5.82. The van der Waals surface area contributed by atoms with Crippen molar-refractivity contribution in [2.45, 2.75) is 0 Å². The van der Waals surface area contributed by atoms with Crippen molar-refractivity contribution in [1.29, 1.82) is 0 Å². The van der Waals surface area contributed by atoms with Crippen molar-refractivity contribution in [3.05, 3.63) is 70.2 Å². The smallest absolute Gasteiger partial charge is 0.336 e. The number of nitrogens with one attached hydrogen (secondary N) is 1. The van der Waals surface area contributed by atoms with E-state index >= 15 is 0 Å². The number of aromatic nitrogens is 1. The van der Waals surface area contributed by atoms with E-state index in [2.05, 4.69) is 10.5 Å². The number of benzene rings is 2. The fourth-order valence-electron chi connectivity index (χ4n) is 2.96. The maximum absolute atomic E-state index is 12.0. The van der Waals surface area contributed by atoms with E-state index in [1.807, 2.05) is 58.6 Å². The first kappa shape index (κ1) is 18.4. The van der Waals surface area contributed by atoms with E-state index in [4.69, 9.17) is 4.84 Å². The highest BCUT2D eigenvalue weighted by Gasteiger charge is 2.17. The number of thiophene rings is 1. The van der Waals surface area contributed by atoms with Gasteiger partial charge in [-0.3, -0.25) is 10.3 Å². The molecule has 4 aromatic rings. The molecular weight excluding hydrogens is 392 g/mol. The average Bonchev–Trinajstić information content (AvgIpc) is 3.40. The average molecular weight is 409 g/mol. The zero-order valence-corrected chi connectivity index (χ0v) is 16.5. The van der Waals surface area contributed by atoms with Gasteiger partial charge in [0.25, 0.3) is 0 Å². The third-order valence-electron chi connectivity index (χ3n) is 4.25. The predicted octanol–water partition coefficient (Wildman–Crippen LogP) is 5.88. The summed E-state index contributed by atoms with van der Waals surface area (Å²) in [6.45, 7) is 0. The summed E-state index contributed by atoms with van der Waals surface area (Å²) >= 11 is 3.12. The van der Waals surface area contributed by atoms with E-state index in [9.17, 15) is 9.90 Å². The van der Waals surface area contributed by atoms with Crippen molar-refractivity contribution < 1.29 is 14.7 Å². The van der Waals surface area contributed by atoms with E-state index in [-0.39, 0.29) is 5.56 Å². The van der Waals surface area contributed by atoms with Gasteiger partial charge < -0.3 is 5.11 Å². The minimum absolute atomic E-state index is 0.218. The van der Waals surface area contributed by atoms with E-state index in [0.717, 1.165) is 27.4 Å². The summed E-state index contributed by atoms with van der Waals surface area (Å²) in [6.07, 6.45) is 0. The summed E-state index contributed by atoms with van der Waals surface area (Å²) in [5.41, 5.74) is 7.85. The van der Waals surface area contributed by atoms with Gasteiger partial charge in [0, 0.05) is 27.5 Å². The van der Waals surface area contributed by atoms with Crippen LogP contribution >= 0.6 is 22.7 Å². The number of carboxylic acids is 1. The highest BCUT2D eigenvalue weighted by atomic mass is 32.1. The molecular formula is C21H16N2O3S2. The molecule has 2 N–H and O–H groups in total. The quantitative estimate of drug-likeness (QED) is 0.390. The van der Waals surface area contributed by atoms with E-state index < -0.39 is 5.97 Å². The summed E-state index contributed by atoms with van der Waals surface area (Å²) in [6, 6.07) is 14.9. The van der Waals surface area contributed by atoms with Gasteiger partial charge in [-0.05, 0) is 29.1 Å². The second kappa shape index (κ2) is 7.93. The van der Waals surface area contributed by atoms with Gasteiger partial charge in [-0.1, -0.05) is 30.3 Å². The van der Waals surface area contributed by atoms with Crippen LogP contribution in [0.1, 0.15) is 10.4 Å². The predicted molar refractivity (Wildman–Crippen MR) is 114 cm³/mol. The van der Waals surface area contributed by atoms with Gasteiger partial charge in [0.15, 0.2) is 0 Å². The summed E-state index contributed by atoms with van der Waals surface area (Å²) < 4.78 is 0. The van der Waals surface area contributed by atoms with Crippen LogP contribution < -0.4 is 5.48 Å². The number of carbonyl (C=O) groups is 1. The van der Waals surface area contributed by atoms with E-state index in [1.54, 1.807) is 17.4 Å². The van der Waals surface area contributed by atoms with Gasteiger partial charge in [0.2, 0.25) is 0 Å². The molecule has 0 spiro atoms. The lowest BCUT2D eigenvalue weighted by molar-refractivity contribution is 0.0698. The molecule has 0 bridgehead atoms. The molecule has 2 heterocycles. The fraction of sp³-hybridized carbons (Fsp3) is 0.0476. The molecule has 2 aromatic carbocycles. The molecule has 0 radical (unpaired) electrons. The molecule has 0 fully saturated rings. The largest absolute Gasteiger partial charge is 0.478 e. The van der Waals surface area contributed by atoms with Crippen LogP contribution in [-0.2, 0) is 4.84 Å². The first-order valence-electron chi connectivity index (χ1n) is 8.41. The number of rotatable bonds is 6. The Morgan fingerprint density at radius 2 is 1.93 bits per heavy atom. The van der Waals surface area contributed by atoms with Crippen molar-refractivity contribution in [2.24, 2.45) is 0 Å². The van der Waals surface area contributed by atoms with Crippen LogP contribution in [0.4, 0.5) is 5.69 Å². The highest BCUT2D eigenvalue weighted by Crippen LogP contribution is 2.35. The highest BCUT2D eigenvalue weighted by molar-refractivity contribution is 7.13. The standard InChI is InChI=1S/C21H16N2O3S2/c1-26-23-18-5-3-2-4-16(18)15-7-6-13(10-17(15)21(24)25)20-22-19(12-28-20)14-8-9-27-11-14/h2-12,23H,1H3,(H,24,25). The fourth-order valence-corrected chi connectivity index (χ4v) is 4.43. The zero-order chi connectivity index (χ0) is 19.5.